The number of sulfonamides is 1. The van der Waals surface area contributed by atoms with E-state index in [1.54, 1.807) is 24.7 Å². The molecule has 2 aromatic rings. The number of imidazole rings is 1. The summed E-state index contributed by atoms with van der Waals surface area (Å²) in [7, 11) is -1.14. The fraction of sp³-hybridized carbons (Fsp3) is 0.333. The molecule has 0 aromatic carbocycles. The molecule has 0 radical (unpaired) electrons. The van der Waals surface area contributed by atoms with Crippen LogP contribution in [0.25, 0.3) is 0 Å². The van der Waals surface area contributed by atoms with Gasteiger partial charge in [0.05, 0.1) is 13.7 Å². The van der Waals surface area contributed by atoms with Crippen LogP contribution in [-0.4, -0.2) is 42.8 Å². The van der Waals surface area contributed by atoms with Crippen molar-refractivity contribution >= 4 is 27.3 Å². The zero-order valence-electron chi connectivity index (χ0n) is 11.8. The second-order valence-corrected chi connectivity index (χ2v) is 7.23. The average molecular weight is 329 g/mol. The van der Waals surface area contributed by atoms with Crippen LogP contribution in [0.4, 0.5) is 0 Å². The van der Waals surface area contributed by atoms with Crippen molar-refractivity contribution in [1.82, 2.24) is 14.3 Å². The Hall–Kier alpha value is -1.71. The minimum Gasteiger partial charge on any atom is -0.465 e. The quantitative estimate of drug-likeness (QED) is 0.837. The number of thiophene rings is 1. The van der Waals surface area contributed by atoms with Gasteiger partial charge in [0.25, 0.3) is 0 Å². The number of ether oxygens (including phenoxy) is 1. The van der Waals surface area contributed by atoms with Crippen LogP contribution in [-0.2, 0) is 21.3 Å². The van der Waals surface area contributed by atoms with Gasteiger partial charge in [-0.1, -0.05) is 0 Å². The predicted octanol–water partition coefficient (Wildman–Crippen LogP) is 1.39. The molecule has 0 fully saturated rings. The first kappa shape index (κ1) is 15.7. The highest BCUT2D eigenvalue weighted by Crippen LogP contribution is 2.30. The van der Waals surface area contributed by atoms with E-state index < -0.39 is 16.0 Å². The number of rotatable bonds is 5. The minimum absolute atomic E-state index is 0.00611. The molecule has 0 aliphatic rings. The monoisotopic (exact) mass is 329 g/mol. The number of hydrogen-bond donors (Lipinski definition) is 1. The number of methoxy groups -OCH3 is 1. The Balaban J connectivity index is 2.39. The highest BCUT2D eigenvalue weighted by Gasteiger charge is 2.31. The third-order valence-electron chi connectivity index (χ3n) is 2.88. The van der Waals surface area contributed by atoms with Crippen LogP contribution in [0.5, 0.6) is 0 Å². The first-order valence-corrected chi connectivity index (χ1v) is 8.31. The third kappa shape index (κ3) is 2.99. The summed E-state index contributed by atoms with van der Waals surface area (Å²) in [5, 5.41) is 1.62. The second kappa shape index (κ2) is 5.96. The highest BCUT2D eigenvalue weighted by atomic mass is 32.2. The van der Waals surface area contributed by atoms with Gasteiger partial charge < -0.3 is 9.72 Å². The SMILES string of the molecule is COC(=O)c1scc(C)c1S(=O)(=O)N(C)Cc1ncc[nH]1. The average Bonchev–Trinajstić information content (AvgIpc) is 3.07. The van der Waals surface area contributed by atoms with Crippen molar-refractivity contribution in [1.29, 1.82) is 0 Å². The largest absolute Gasteiger partial charge is 0.465 e. The van der Waals surface area contributed by atoms with Crippen LogP contribution in [0.1, 0.15) is 21.1 Å². The van der Waals surface area contributed by atoms with Gasteiger partial charge in [-0.2, -0.15) is 4.31 Å². The maximum Gasteiger partial charge on any atom is 0.349 e. The van der Waals surface area contributed by atoms with Gasteiger partial charge in [0.1, 0.15) is 15.6 Å². The number of aryl methyl sites for hydroxylation is 1. The third-order valence-corrected chi connectivity index (χ3v) is 6.08. The summed E-state index contributed by atoms with van der Waals surface area (Å²) in [6, 6.07) is 0. The molecule has 0 saturated heterocycles. The van der Waals surface area contributed by atoms with Crippen molar-refractivity contribution in [2.75, 3.05) is 14.2 Å². The van der Waals surface area contributed by atoms with E-state index in [1.807, 2.05) is 0 Å². The lowest BCUT2D eigenvalue weighted by Crippen LogP contribution is -2.28. The number of aromatic amines is 1. The number of carbonyl (C=O) groups is 1. The summed E-state index contributed by atoms with van der Waals surface area (Å²) in [5.74, 6) is -0.133. The lowest BCUT2D eigenvalue weighted by molar-refractivity contribution is 0.0602. The molecule has 1 N–H and O–H groups in total. The number of H-pyrrole nitrogens is 1. The van der Waals surface area contributed by atoms with E-state index in [0.29, 0.717) is 11.4 Å². The van der Waals surface area contributed by atoms with Crippen LogP contribution in [0, 0.1) is 6.92 Å². The van der Waals surface area contributed by atoms with Crippen molar-refractivity contribution in [2.45, 2.75) is 18.4 Å². The first-order valence-electron chi connectivity index (χ1n) is 5.99. The van der Waals surface area contributed by atoms with E-state index in [0.717, 1.165) is 15.6 Å². The molecule has 0 atom stereocenters. The Kier molecular flexibility index (Phi) is 4.45. The fourth-order valence-electron chi connectivity index (χ4n) is 1.82. The number of nitrogens with zero attached hydrogens (tertiary/aromatic N) is 2. The van der Waals surface area contributed by atoms with Gasteiger partial charge in [-0.3, -0.25) is 0 Å². The lowest BCUT2D eigenvalue weighted by Gasteiger charge is -2.16. The van der Waals surface area contributed by atoms with Crippen LogP contribution < -0.4 is 0 Å². The lowest BCUT2D eigenvalue weighted by atomic mass is 10.3. The summed E-state index contributed by atoms with van der Waals surface area (Å²) in [5.41, 5.74) is 0.520. The van der Waals surface area contributed by atoms with Crippen molar-refractivity contribution in [3.63, 3.8) is 0 Å². The van der Waals surface area contributed by atoms with Gasteiger partial charge in [-0.25, -0.2) is 18.2 Å². The maximum absolute atomic E-state index is 12.7. The molecule has 114 valence electrons. The molecule has 0 aliphatic heterocycles. The van der Waals surface area contributed by atoms with Crippen LogP contribution >= 0.6 is 11.3 Å². The Morgan fingerprint density at radius 3 is 2.81 bits per heavy atom. The second-order valence-electron chi connectivity index (χ2n) is 4.37. The number of aromatic nitrogens is 2. The molecule has 2 heterocycles. The van der Waals surface area contributed by atoms with Gasteiger partial charge >= 0.3 is 5.97 Å². The molecule has 21 heavy (non-hydrogen) atoms. The zero-order valence-corrected chi connectivity index (χ0v) is 13.4. The number of esters is 1. The topological polar surface area (TPSA) is 92.4 Å². The summed E-state index contributed by atoms with van der Waals surface area (Å²) < 4.78 is 31.1. The van der Waals surface area contributed by atoms with E-state index in [-0.39, 0.29) is 16.3 Å². The van der Waals surface area contributed by atoms with Crippen molar-refractivity contribution in [2.24, 2.45) is 0 Å². The summed E-state index contributed by atoms with van der Waals surface area (Å²) in [6.45, 7) is 1.74. The molecule has 0 amide bonds. The van der Waals surface area contributed by atoms with E-state index in [1.165, 1.54) is 14.2 Å². The van der Waals surface area contributed by atoms with E-state index >= 15 is 0 Å². The van der Waals surface area contributed by atoms with Gasteiger partial charge in [0, 0.05) is 19.4 Å². The van der Waals surface area contributed by atoms with Gasteiger partial charge in [-0.05, 0) is 17.9 Å². The Labute approximate surface area is 126 Å². The van der Waals surface area contributed by atoms with Gasteiger partial charge in [-0.15, -0.1) is 11.3 Å². The zero-order chi connectivity index (χ0) is 15.6. The van der Waals surface area contributed by atoms with E-state index in [4.69, 9.17) is 0 Å². The molecular formula is C12H15N3O4S2. The Morgan fingerprint density at radius 1 is 1.52 bits per heavy atom. The summed E-state index contributed by atoms with van der Waals surface area (Å²) >= 11 is 1.06. The van der Waals surface area contributed by atoms with Crippen molar-refractivity contribution in [3.8, 4) is 0 Å². The fourth-order valence-corrected chi connectivity index (χ4v) is 4.61. The normalized spacial score (nSPS) is 11.8. The molecular weight excluding hydrogens is 314 g/mol. The van der Waals surface area contributed by atoms with Crippen molar-refractivity contribution < 1.29 is 17.9 Å². The number of nitrogens with one attached hydrogen (secondary N) is 1. The van der Waals surface area contributed by atoms with Crippen LogP contribution in [0.15, 0.2) is 22.7 Å². The molecule has 0 saturated carbocycles. The maximum atomic E-state index is 12.7. The standard InChI is InChI=1S/C12H15N3O4S2/c1-8-7-20-10(12(16)19-3)11(8)21(17,18)15(2)6-9-13-4-5-14-9/h4-5,7H,6H2,1-3H3,(H,13,14). The molecule has 0 bridgehead atoms. The molecule has 9 heteroatoms. The molecule has 0 aliphatic carbocycles. The summed E-state index contributed by atoms with van der Waals surface area (Å²) in [4.78, 5) is 18.6. The van der Waals surface area contributed by atoms with Crippen LogP contribution in [0.2, 0.25) is 0 Å². The predicted molar refractivity (Wildman–Crippen MR) is 77.6 cm³/mol. The van der Waals surface area contributed by atoms with Crippen molar-refractivity contribution in [3.05, 3.63) is 34.0 Å². The van der Waals surface area contributed by atoms with E-state index in [9.17, 15) is 13.2 Å². The smallest absolute Gasteiger partial charge is 0.349 e. The van der Waals surface area contributed by atoms with Gasteiger partial charge in [0.2, 0.25) is 10.0 Å². The molecule has 2 rings (SSSR count). The van der Waals surface area contributed by atoms with E-state index in [2.05, 4.69) is 14.7 Å². The number of carbonyl (C=O) groups excluding carboxylic acids is 1. The molecule has 0 spiro atoms. The first-order chi connectivity index (χ1) is 9.87. The Bertz CT molecular complexity index is 735. The van der Waals surface area contributed by atoms with Gasteiger partial charge in [0.15, 0.2) is 0 Å². The summed E-state index contributed by atoms with van der Waals surface area (Å²) in [6.07, 6.45) is 3.16. The van der Waals surface area contributed by atoms with Crippen LogP contribution in [0.3, 0.4) is 0 Å². The molecule has 7 nitrogen and oxygen atoms in total. The Morgan fingerprint density at radius 2 is 2.24 bits per heavy atom. The molecule has 0 unspecified atom stereocenters. The highest BCUT2D eigenvalue weighted by molar-refractivity contribution is 7.89. The molecule has 2 aromatic heterocycles. The minimum atomic E-state index is -3.81. The number of hydrogen-bond acceptors (Lipinski definition) is 6.